The van der Waals surface area contributed by atoms with Gasteiger partial charge in [0.05, 0.1) is 6.42 Å². The number of fused-ring (bicyclic) bond motifs is 3. The van der Waals surface area contributed by atoms with E-state index in [4.69, 9.17) is 9.84 Å². The highest BCUT2D eigenvalue weighted by Crippen LogP contribution is 2.44. The van der Waals surface area contributed by atoms with E-state index in [9.17, 15) is 23.2 Å². The van der Waals surface area contributed by atoms with Crippen LogP contribution >= 0.6 is 0 Å². The maximum absolute atomic E-state index is 12.9. The second-order valence-corrected chi connectivity index (χ2v) is 9.16. The third-order valence-electron chi connectivity index (χ3n) is 6.73. The smallest absolute Gasteiger partial charge is 0.407 e. The van der Waals surface area contributed by atoms with Crippen molar-refractivity contribution in [1.29, 1.82) is 0 Å². The molecule has 7 nitrogen and oxygen atoms in total. The van der Waals surface area contributed by atoms with Gasteiger partial charge in [-0.2, -0.15) is 0 Å². The minimum absolute atomic E-state index is 0.00566. The summed E-state index contributed by atoms with van der Waals surface area (Å²) in [6, 6.07) is 14.2. The summed E-state index contributed by atoms with van der Waals surface area (Å²) in [6.07, 6.45) is -2.49. The van der Waals surface area contributed by atoms with Gasteiger partial charge in [-0.15, -0.1) is 0 Å². The van der Waals surface area contributed by atoms with Crippen molar-refractivity contribution < 1.29 is 33.0 Å². The SMILES string of the molecule is O=C(O)CC(NC(=O)C[C@@H]1CC[C@H](NC(=O)OCC2c3ccccc3-c3ccccc32)C1)C(F)F. The van der Waals surface area contributed by atoms with Crippen LogP contribution in [0.25, 0.3) is 11.1 Å². The second kappa shape index (κ2) is 10.8. The molecule has 0 radical (unpaired) electrons. The van der Waals surface area contributed by atoms with Crippen molar-refractivity contribution in [3.8, 4) is 11.1 Å². The summed E-state index contributed by atoms with van der Waals surface area (Å²) in [7, 11) is 0. The number of amides is 2. The number of carbonyl (C=O) groups is 3. The summed E-state index contributed by atoms with van der Waals surface area (Å²) in [5.41, 5.74) is 4.54. The lowest BCUT2D eigenvalue weighted by Gasteiger charge is -2.18. The van der Waals surface area contributed by atoms with E-state index in [1.54, 1.807) is 0 Å². The van der Waals surface area contributed by atoms with E-state index in [0.717, 1.165) is 22.3 Å². The van der Waals surface area contributed by atoms with Crippen molar-refractivity contribution in [2.75, 3.05) is 6.61 Å². The molecule has 0 aromatic heterocycles. The Kier molecular flexibility index (Phi) is 7.63. The maximum atomic E-state index is 12.9. The van der Waals surface area contributed by atoms with Crippen LogP contribution in [0.3, 0.4) is 0 Å². The van der Waals surface area contributed by atoms with E-state index < -0.39 is 36.9 Å². The van der Waals surface area contributed by atoms with Crippen LogP contribution in [-0.2, 0) is 14.3 Å². The van der Waals surface area contributed by atoms with Crippen LogP contribution in [-0.4, -0.2) is 48.2 Å². The van der Waals surface area contributed by atoms with Crippen molar-refractivity contribution in [1.82, 2.24) is 10.6 Å². The van der Waals surface area contributed by atoms with Gasteiger partial charge in [0.15, 0.2) is 0 Å². The molecule has 0 spiro atoms. The highest BCUT2D eigenvalue weighted by molar-refractivity contribution is 5.79. The van der Waals surface area contributed by atoms with Crippen LogP contribution in [0.2, 0.25) is 0 Å². The Balaban J connectivity index is 1.24. The molecule has 1 saturated carbocycles. The molecule has 0 aliphatic heterocycles. The minimum atomic E-state index is -2.96. The average molecular weight is 487 g/mol. The van der Waals surface area contributed by atoms with Gasteiger partial charge < -0.3 is 20.5 Å². The molecule has 2 aromatic carbocycles. The number of alkyl carbamates (subject to hydrolysis) is 1. The number of carbonyl (C=O) groups excluding carboxylic acids is 2. The van der Waals surface area contributed by atoms with Crippen LogP contribution in [0.4, 0.5) is 13.6 Å². The Morgan fingerprint density at radius 3 is 2.23 bits per heavy atom. The third kappa shape index (κ3) is 5.96. The van der Waals surface area contributed by atoms with E-state index in [0.29, 0.717) is 19.3 Å². The summed E-state index contributed by atoms with van der Waals surface area (Å²) in [5.74, 6) is -2.13. The van der Waals surface area contributed by atoms with Gasteiger partial charge in [0.2, 0.25) is 5.91 Å². The highest BCUT2D eigenvalue weighted by Gasteiger charge is 2.32. The van der Waals surface area contributed by atoms with E-state index in [2.05, 4.69) is 22.8 Å². The number of benzene rings is 2. The van der Waals surface area contributed by atoms with E-state index >= 15 is 0 Å². The van der Waals surface area contributed by atoms with Gasteiger partial charge in [-0.3, -0.25) is 9.59 Å². The molecule has 2 aliphatic rings. The normalized spacial score (nSPS) is 19.6. The van der Waals surface area contributed by atoms with Gasteiger partial charge in [0.1, 0.15) is 12.6 Å². The van der Waals surface area contributed by atoms with Crippen molar-refractivity contribution in [3.63, 3.8) is 0 Å². The number of nitrogens with one attached hydrogen (secondary N) is 2. The van der Waals surface area contributed by atoms with E-state index in [1.165, 1.54) is 0 Å². The monoisotopic (exact) mass is 486 g/mol. The first-order valence-corrected chi connectivity index (χ1v) is 11.7. The molecule has 2 amide bonds. The number of rotatable bonds is 9. The molecule has 3 N–H and O–H groups in total. The Hall–Kier alpha value is -3.49. The molecule has 0 bridgehead atoms. The molecule has 1 unspecified atom stereocenters. The molecule has 4 rings (SSSR count). The van der Waals surface area contributed by atoms with Crippen molar-refractivity contribution in [3.05, 3.63) is 59.7 Å². The first kappa shape index (κ1) is 24.6. The number of hydrogen-bond acceptors (Lipinski definition) is 4. The van der Waals surface area contributed by atoms with Gasteiger partial charge in [-0.25, -0.2) is 13.6 Å². The predicted molar refractivity (Wildman–Crippen MR) is 124 cm³/mol. The summed E-state index contributed by atoms with van der Waals surface area (Å²) in [4.78, 5) is 35.3. The molecule has 0 heterocycles. The summed E-state index contributed by atoms with van der Waals surface area (Å²) in [6.45, 7) is 0.205. The zero-order valence-electron chi connectivity index (χ0n) is 19.1. The quantitative estimate of drug-likeness (QED) is 0.490. The van der Waals surface area contributed by atoms with Crippen LogP contribution in [0, 0.1) is 5.92 Å². The fourth-order valence-corrected chi connectivity index (χ4v) is 5.12. The predicted octanol–water partition coefficient (Wildman–Crippen LogP) is 4.31. The fraction of sp³-hybridized carbons (Fsp3) is 0.423. The van der Waals surface area contributed by atoms with Crippen LogP contribution < -0.4 is 10.6 Å². The fourth-order valence-electron chi connectivity index (χ4n) is 5.12. The molecule has 9 heteroatoms. The van der Waals surface area contributed by atoms with E-state index in [-0.39, 0.29) is 30.9 Å². The highest BCUT2D eigenvalue weighted by atomic mass is 19.3. The largest absolute Gasteiger partial charge is 0.481 e. The lowest BCUT2D eigenvalue weighted by molar-refractivity contribution is -0.139. The topological polar surface area (TPSA) is 105 Å². The molecule has 1 fully saturated rings. The molecule has 2 aliphatic carbocycles. The Bertz CT molecular complexity index is 1050. The van der Waals surface area contributed by atoms with Gasteiger partial charge in [-0.05, 0) is 47.4 Å². The number of carboxylic acid groups (broad SMARTS) is 1. The van der Waals surface area contributed by atoms with Crippen LogP contribution in [0.1, 0.15) is 49.1 Å². The molecular weight excluding hydrogens is 458 g/mol. The standard InChI is InChI=1S/C26H28F2N2O5/c27-25(28)22(13-24(32)33)30-23(31)12-15-9-10-16(11-15)29-26(34)35-14-21-19-7-3-1-5-17(19)18-6-2-4-8-20(18)21/h1-8,15-16,21-22,25H,9-14H2,(H,29,34)(H,30,31)(H,32,33)/t15-,16+,22?/m1/s1. The Labute approximate surface area is 201 Å². The Morgan fingerprint density at radius 1 is 1.00 bits per heavy atom. The van der Waals surface area contributed by atoms with Crippen LogP contribution in [0.5, 0.6) is 0 Å². The van der Waals surface area contributed by atoms with Crippen molar-refractivity contribution in [2.24, 2.45) is 5.92 Å². The minimum Gasteiger partial charge on any atom is -0.481 e. The second-order valence-electron chi connectivity index (χ2n) is 9.16. The number of hydrogen-bond donors (Lipinski definition) is 3. The van der Waals surface area contributed by atoms with Crippen molar-refractivity contribution >= 4 is 18.0 Å². The molecule has 186 valence electrons. The van der Waals surface area contributed by atoms with Crippen LogP contribution in [0.15, 0.2) is 48.5 Å². The average Bonchev–Trinajstić information content (AvgIpc) is 3.38. The number of ether oxygens (including phenoxy) is 1. The zero-order valence-corrected chi connectivity index (χ0v) is 19.1. The van der Waals surface area contributed by atoms with Gasteiger partial charge in [0, 0.05) is 18.4 Å². The zero-order chi connectivity index (χ0) is 24.9. The number of carboxylic acids is 1. The van der Waals surface area contributed by atoms with Gasteiger partial charge in [-0.1, -0.05) is 48.5 Å². The maximum Gasteiger partial charge on any atom is 0.407 e. The number of aliphatic carboxylic acids is 1. The summed E-state index contributed by atoms with van der Waals surface area (Å²) < 4.78 is 31.5. The van der Waals surface area contributed by atoms with Gasteiger partial charge >= 0.3 is 12.1 Å². The number of halogens is 2. The first-order valence-electron chi connectivity index (χ1n) is 11.7. The Morgan fingerprint density at radius 2 is 1.63 bits per heavy atom. The molecular formula is C26H28F2N2O5. The third-order valence-corrected chi connectivity index (χ3v) is 6.73. The van der Waals surface area contributed by atoms with E-state index in [1.807, 2.05) is 36.4 Å². The number of alkyl halides is 2. The summed E-state index contributed by atoms with van der Waals surface area (Å²) >= 11 is 0. The molecule has 35 heavy (non-hydrogen) atoms. The molecule has 2 aromatic rings. The molecule has 0 saturated heterocycles. The summed E-state index contributed by atoms with van der Waals surface area (Å²) in [5, 5.41) is 13.7. The molecule has 3 atom stereocenters. The van der Waals surface area contributed by atoms with Crippen molar-refractivity contribution in [2.45, 2.75) is 56.5 Å². The lowest BCUT2D eigenvalue weighted by Crippen LogP contribution is -2.42. The first-order chi connectivity index (χ1) is 16.8. The van der Waals surface area contributed by atoms with Gasteiger partial charge in [0.25, 0.3) is 6.43 Å². The lowest BCUT2D eigenvalue weighted by atomic mass is 9.98.